The molecule has 0 saturated heterocycles. The molecule has 1 aromatic carbocycles. The minimum Gasteiger partial charge on any atom is -0.468 e. The predicted octanol–water partition coefficient (Wildman–Crippen LogP) is 0.516. The summed E-state index contributed by atoms with van der Waals surface area (Å²) in [6, 6.07) is 6.07. The highest BCUT2D eigenvalue weighted by molar-refractivity contribution is 7.99. The molecular formula is C14H16N2O4S. The molecule has 2 amide bonds. The normalized spacial score (nSPS) is 15.0. The number of esters is 1. The van der Waals surface area contributed by atoms with Crippen molar-refractivity contribution in [2.45, 2.75) is 6.04 Å². The number of imide groups is 1. The fourth-order valence-corrected chi connectivity index (χ4v) is 2.90. The number of ether oxygens (including phenoxy) is 1. The largest absolute Gasteiger partial charge is 0.468 e. The van der Waals surface area contributed by atoms with E-state index in [1.54, 1.807) is 24.3 Å². The van der Waals surface area contributed by atoms with Crippen LogP contribution in [0.15, 0.2) is 24.3 Å². The number of nitrogens with two attached hydrogens (primary N) is 1. The number of carbonyl (C=O) groups excluding carboxylic acids is 3. The summed E-state index contributed by atoms with van der Waals surface area (Å²) in [7, 11) is 1.28. The first-order valence-electron chi connectivity index (χ1n) is 6.42. The second-order valence-corrected chi connectivity index (χ2v) is 5.66. The number of amides is 2. The van der Waals surface area contributed by atoms with Gasteiger partial charge in [0.15, 0.2) is 0 Å². The average Bonchev–Trinajstić information content (AvgIpc) is 2.75. The lowest BCUT2D eigenvalue weighted by Crippen LogP contribution is -2.35. The number of hydrogen-bond donors (Lipinski definition) is 1. The van der Waals surface area contributed by atoms with Gasteiger partial charge >= 0.3 is 5.97 Å². The number of fused-ring (bicyclic) bond motifs is 1. The molecule has 1 heterocycles. The molecule has 0 aromatic heterocycles. The number of rotatable bonds is 6. The van der Waals surface area contributed by atoms with E-state index in [1.165, 1.54) is 23.8 Å². The molecule has 1 unspecified atom stereocenters. The molecule has 7 heteroatoms. The Hall–Kier alpha value is -1.86. The summed E-state index contributed by atoms with van der Waals surface area (Å²) in [6.45, 7) is 0.297. The van der Waals surface area contributed by atoms with Crippen LogP contribution in [0.1, 0.15) is 20.7 Å². The number of nitrogens with zero attached hydrogens (tertiary/aromatic N) is 1. The SMILES string of the molecule is COC(=O)C(N)CSCCN1C(=O)c2ccccc2C1=O. The number of carbonyl (C=O) groups is 3. The Labute approximate surface area is 126 Å². The third-order valence-corrected chi connectivity index (χ3v) is 4.20. The lowest BCUT2D eigenvalue weighted by atomic mass is 10.1. The number of benzene rings is 1. The van der Waals surface area contributed by atoms with E-state index >= 15 is 0 Å². The van der Waals surface area contributed by atoms with Gasteiger partial charge in [0.05, 0.1) is 18.2 Å². The Bertz CT molecular complexity index is 541. The van der Waals surface area contributed by atoms with Crippen molar-refractivity contribution in [3.05, 3.63) is 35.4 Å². The summed E-state index contributed by atoms with van der Waals surface area (Å²) in [5.41, 5.74) is 6.49. The van der Waals surface area contributed by atoms with Crippen molar-refractivity contribution in [1.29, 1.82) is 0 Å². The quantitative estimate of drug-likeness (QED) is 0.468. The molecule has 112 valence electrons. The molecule has 2 rings (SSSR count). The molecule has 1 aliphatic heterocycles. The van der Waals surface area contributed by atoms with E-state index in [1.807, 2.05) is 0 Å². The van der Waals surface area contributed by atoms with Crippen LogP contribution in [-0.4, -0.2) is 53.9 Å². The van der Waals surface area contributed by atoms with Gasteiger partial charge in [0, 0.05) is 18.1 Å². The van der Waals surface area contributed by atoms with Gasteiger partial charge < -0.3 is 10.5 Å². The monoisotopic (exact) mass is 308 g/mol. The number of thioether (sulfide) groups is 1. The van der Waals surface area contributed by atoms with Crippen molar-refractivity contribution in [3.8, 4) is 0 Å². The highest BCUT2D eigenvalue weighted by atomic mass is 32.2. The first kappa shape index (κ1) is 15.5. The molecule has 1 aliphatic rings. The standard InChI is InChI=1S/C14H16N2O4S/c1-20-14(19)11(15)8-21-7-6-16-12(17)9-4-2-3-5-10(9)13(16)18/h2-5,11H,6-8,15H2,1H3. The van der Waals surface area contributed by atoms with Gasteiger partial charge in [-0.15, -0.1) is 0 Å². The molecule has 6 nitrogen and oxygen atoms in total. The molecule has 0 fully saturated rings. The Kier molecular flexibility index (Phi) is 4.98. The van der Waals surface area contributed by atoms with Gasteiger partial charge in [0.2, 0.25) is 0 Å². The van der Waals surface area contributed by atoms with Crippen LogP contribution in [-0.2, 0) is 9.53 Å². The fraction of sp³-hybridized carbons (Fsp3) is 0.357. The van der Waals surface area contributed by atoms with E-state index in [-0.39, 0.29) is 11.8 Å². The van der Waals surface area contributed by atoms with Gasteiger partial charge in [-0.3, -0.25) is 19.3 Å². The topological polar surface area (TPSA) is 89.7 Å². The van der Waals surface area contributed by atoms with E-state index in [0.717, 1.165) is 0 Å². The van der Waals surface area contributed by atoms with Crippen LogP contribution in [0.25, 0.3) is 0 Å². The van der Waals surface area contributed by atoms with Gasteiger partial charge in [0.25, 0.3) is 11.8 Å². The smallest absolute Gasteiger partial charge is 0.323 e. The summed E-state index contributed by atoms with van der Waals surface area (Å²) in [5.74, 6) is -0.100. The van der Waals surface area contributed by atoms with Crippen molar-refractivity contribution in [1.82, 2.24) is 4.90 Å². The van der Waals surface area contributed by atoms with Crippen LogP contribution in [0.4, 0.5) is 0 Å². The van der Waals surface area contributed by atoms with Crippen molar-refractivity contribution in [2.24, 2.45) is 5.73 Å². The van der Waals surface area contributed by atoms with E-state index in [4.69, 9.17) is 5.73 Å². The predicted molar refractivity (Wildman–Crippen MR) is 79.1 cm³/mol. The minimum atomic E-state index is -0.692. The molecule has 0 spiro atoms. The van der Waals surface area contributed by atoms with Crippen molar-refractivity contribution >= 4 is 29.5 Å². The van der Waals surface area contributed by atoms with Gasteiger partial charge in [-0.1, -0.05) is 12.1 Å². The molecule has 21 heavy (non-hydrogen) atoms. The lowest BCUT2D eigenvalue weighted by Gasteiger charge is -2.14. The molecule has 0 saturated carbocycles. The van der Waals surface area contributed by atoms with Crippen LogP contribution in [0.5, 0.6) is 0 Å². The lowest BCUT2D eigenvalue weighted by molar-refractivity contribution is -0.141. The highest BCUT2D eigenvalue weighted by Crippen LogP contribution is 2.22. The maximum atomic E-state index is 12.1. The third kappa shape index (κ3) is 3.25. The van der Waals surface area contributed by atoms with Crippen molar-refractivity contribution in [3.63, 3.8) is 0 Å². The molecule has 2 N–H and O–H groups in total. The van der Waals surface area contributed by atoms with Gasteiger partial charge in [-0.25, -0.2) is 0 Å². The number of hydrogen-bond acceptors (Lipinski definition) is 6. The summed E-state index contributed by atoms with van der Waals surface area (Å²) >= 11 is 1.40. The second kappa shape index (κ2) is 6.73. The number of methoxy groups -OCH3 is 1. The molecule has 0 bridgehead atoms. The zero-order valence-electron chi connectivity index (χ0n) is 11.6. The van der Waals surface area contributed by atoms with Crippen LogP contribution >= 0.6 is 11.8 Å². The maximum Gasteiger partial charge on any atom is 0.323 e. The van der Waals surface area contributed by atoms with E-state index in [0.29, 0.717) is 29.2 Å². The van der Waals surface area contributed by atoms with Gasteiger partial charge in [-0.2, -0.15) is 11.8 Å². The van der Waals surface area contributed by atoms with Crippen molar-refractivity contribution < 1.29 is 19.1 Å². The minimum absolute atomic E-state index is 0.270. The van der Waals surface area contributed by atoms with Gasteiger partial charge in [0.1, 0.15) is 6.04 Å². The summed E-state index contributed by atoms with van der Waals surface area (Å²) < 4.78 is 4.52. The summed E-state index contributed by atoms with van der Waals surface area (Å²) in [4.78, 5) is 36.5. The fourth-order valence-electron chi connectivity index (χ4n) is 2.03. The molecular weight excluding hydrogens is 292 g/mol. The van der Waals surface area contributed by atoms with Crippen LogP contribution in [0.2, 0.25) is 0 Å². The average molecular weight is 308 g/mol. The Morgan fingerprint density at radius 3 is 2.38 bits per heavy atom. The highest BCUT2D eigenvalue weighted by Gasteiger charge is 2.34. The van der Waals surface area contributed by atoms with Crippen LogP contribution in [0.3, 0.4) is 0 Å². The molecule has 1 atom stereocenters. The Balaban J connectivity index is 1.84. The third-order valence-electron chi connectivity index (χ3n) is 3.14. The molecule has 0 aliphatic carbocycles. The second-order valence-electron chi connectivity index (χ2n) is 4.51. The van der Waals surface area contributed by atoms with E-state index < -0.39 is 12.0 Å². The van der Waals surface area contributed by atoms with E-state index in [2.05, 4.69) is 4.74 Å². The summed E-state index contributed by atoms with van der Waals surface area (Å²) in [6.07, 6.45) is 0. The zero-order valence-corrected chi connectivity index (χ0v) is 12.4. The first-order chi connectivity index (χ1) is 10.1. The Morgan fingerprint density at radius 1 is 1.29 bits per heavy atom. The Morgan fingerprint density at radius 2 is 1.86 bits per heavy atom. The van der Waals surface area contributed by atoms with E-state index in [9.17, 15) is 14.4 Å². The van der Waals surface area contributed by atoms with Crippen LogP contribution < -0.4 is 5.73 Å². The summed E-state index contributed by atoms with van der Waals surface area (Å²) in [5, 5.41) is 0. The maximum absolute atomic E-state index is 12.1. The molecule has 1 aromatic rings. The van der Waals surface area contributed by atoms with Gasteiger partial charge in [-0.05, 0) is 12.1 Å². The zero-order chi connectivity index (χ0) is 15.4. The van der Waals surface area contributed by atoms with Crippen LogP contribution in [0, 0.1) is 0 Å². The van der Waals surface area contributed by atoms with Crippen molar-refractivity contribution in [2.75, 3.05) is 25.2 Å². The molecule has 0 radical (unpaired) electrons. The first-order valence-corrected chi connectivity index (χ1v) is 7.58.